The standard InChI is InChI=1S/C20H30N2O3.ClH/c1-15-4-6-16(7-5-15)18-17(3-2-10-25-18)13-22-19(23)20(14-21)8-11-24-12-9-20;/h4-7,17-18H,2-3,8-14,21H2,1H3,(H,22,23);1H. The lowest BCUT2D eigenvalue weighted by Gasteiger charge is -2.36. The molecular formula is C20H31ClN2O3. The number of benzene rings is 1. The third kappa shape index (κ3) is 4.77. The minimum Gasteiger partial charge on any atom is -0.381 e. The zero-order chi connectivity index (χ0) is 17.7. The minimum absolute atomic E-state index is 0. The van der Waals surface area contributed by atoms with E-state index in [-0.39, 0.29) is 24.4 Å². The number of nitrogens with two attached hydrogens (primary N) is 1. The number of halogens is 1. The molecule has 0 aliphatic carbocycles. The predicted molar refractivity (Wildman–Crippen MR) is 104 cm³/mol. The normalized spacial score (nSPS) is 25.2. The van der Waals surface area contributed by atoms with Gasteiger partial charge in [-0.2, -0.15) is 0 Å². The molecule has 2 heterocycles. The van der Waals surface area contributed by atoms with E-state index in [2.05, 4.69) is 36.5 Å². The van der Waals surface area contributed by atoms with E-state index in [0.717, 1.165) is 19.4 Å². The highest BCUT2D eigenvalue weighted by Gasteiger charge is 2.39. The minimum atomic E-state index is -0.465. The van der Waals surface area contributed by atoms with Gasteiger partial charge in [0.1, 0.15) is 0 Å². The van der Waals surface area contributed by atoms with Crippen LogP contribution in [-0.4, -0.2) is 38.8 Å². The molecule has 146 valence electrons. The number of ether oxygens (including phenoxy) is 2. The van der Waals surface area contributed by atoms with Crippen LogP contribution in [0.2, 0.25) is 0 Å². The Morgan fingerprint density at radius 3 is 2.58 bits per heavy atom. The number of hydrogen-bond acceptors (Lipinski definition) is 4. The maximum absolute atomic E-state index is 12.8. The maximum Gasteiger partial charge on any atom is 0.227 e. The van der Waals surface area contributed by atoms with E-state index < -0.39 is 5.41 Å². The Kier molecular flexibility index (Phi) is 7.89. The number of hydrogen-bond donors (Lipinski definition) is 2. The molecule has 6 heteroatoms. The summed E-state index contributed by atoms with van der Waals surface area (Å²) in [5.41, 5.74) is 7.92. The number of carbonyl (C=O) groups is 1. The van der Waals surface area contributed by atoms with Crippen molar-refractivity contribution in [2.45, 2.75) is 38.7 Å². The lowest BCUT2D eigenvalue weighted by Crippen LogP contribution is -2.50. The Morgan fingerprint density at radius 2 is 1.92 bits per heavy atom. The second-order valence-electron chi connectivity index (χ2n) is 7.41. The van der Waals surface area contributed by atoms with Crippen LogP contribution in [0.15, 0.2) is 24.3 Å². The monoisotopic (exact) mass is 382 g/mol. The first-order valence-electron chi connectivity index (χ1n) is 9.39. The molecule has 0 spiro atoms. The maximum atomic E-state index is 12.8. The van der Waals surface area contributed by atoms with Crippen LogP contribution in [0.1, 0.15) is 42.9 Å². The van der Waals surface area contributed by atoms with Crippen molar-refractivity contribution in [3.8, 4) is 0 Å². The molecule has 2 atom stereocenters. The summed E-state index contributed by atoms with van der Waals surface area (Å²) in [4.78, 5) is 12.8. The molecule has 2 fully saturated rings. The van der Waals surface area contributed by atoms with Crippen LogP contribution in [0.4, 0.5) is 0 Å². The van der Waals surface area contributed by atoms with Crippen LogP contribution in [0.25, 0.3) is 0 Å². The topological polar surface area (TPSA) is 73.6 Å². The molecule has 2 aliphatic rings. The average Bonchev–Trinajstić information content (AvgIpc) is 2.67. The van der Waals surface area contributed by atoms with Crippen LogP contribution in [0.3, 0.4) is 0 Å². The quantitative estimate of drug-likeness (QED) is 0.821. The van der Waals surface area contributed by atoms with E-state index in [1.54, 1.807) is 0 Å². The highest BCUT2D eigenvalue weighted by atomic mass is 35.5. The SMILES string of the molecule is Cc1ccc(C2OCCCC2CNC(=O)C2(CN)CCOCC2)cc1.Cl. The summed E-state index contributed by atoms with van der Waals surface area (Å²) in [6.45, 7) is 5.12. The third-order valence-electron chi connectivity index (χ3n) is 5.70. The molecule has 26 heavy (non-hydrogen) atoms. The Bertz CT molecular complexity index is 573. The van der Waals surface area contributed by atoms with Crippen molar-refractivity contribution in [3.63, 3.8) is 0 Å². The van der Waals surface area contributed by atoms with Gasteiger partial charge in [0.15, 0.2) is 0 Å². The molecule has 2 aliphatic heterocycles. The van der Waals surface area contributed by atoms with Crippen LogP contribution in [0.5, 0.6) is 0 Å². The molecule has 3 N–H and O–H groups in total. The zero-order valence-corrected chi connectivity index (χ0v) is 16.4. The fraction of sp³-hybridized carbons (Fsp3) is 0.650. The van der Waals surface area contributed by atoms with Crippen molar-refractivity contribution in [2.75, 3.05) is 32.9 Å². The fourth-order valence-corrected chi connectivity index (χ4v) is 3.87. The Labute approximate surface area is 162 Å². The Hall–Kier alpha value is -1.14. The van der Waals surface area contributed by atoms with Crippen LogP contribution >= 0.6 is 12.4 Å². The molecular weight excluding hydrogens is 352 g/mol. The number of rotatable bonds is 5. The Balaban J connectivity index is 0.00000243. The highest BCUT2D eigenvalue weighted by molar-refractivity contribution is 5.85. The number of aryl methyl sites for hydroxylation is 1. The van der Waals surface area contributed by atoms with Crippen molar-refractivity contribution in [3.05, 3.63) is 35.4 Å². The molecule has 1 amide bonds. The first kappa shape index (κ1) is 21.2. The van der Waals surface area contributed by atoms with E-state index in [1.807, 2.05) is 0 Å². The smallest absolute Gasteiger partial charge is 0.227 e. The summed E-state index contributed by atoms with van der Waals surface area (Å²) >= 11 is 0. The van der Waals surface area contributed by atoms with Crippen molar-refractivity contribution in [1.29, 1.82) is 0 Å². The average molecular weight is 383 g/mol. The molecule has 0 bridgehead atoms. The van der Waals surface area contributed by atoms with Gasteiger partial charge in [0.2, 0.25) is 5.91 Å². The Morgan fingerprint density at radius 1 is 1.23 bits per heavy atom. The molecule has 0 radical (unpaired) electrons. The second kappa shape index (κ2) is 9.70. The summed E-state index contributed by atoms with van der Waals surface area (Å²) in [6.07, 6.45) is 3.57. The lowest BCUT2D eigenvalue weighted by atomic mass is 9.79. The molecule has 0 saturated carbocycles. The second-order valence-corrected chi connectivity index (χ2v) is 7.41. The van der Waals surface area contributed by atoms with E-state index in [1.165, 1.54) is 11.1 Å². The molecule has 1 aromatic rings. The van der Waals surface area contributed by atoms with Gasteiger partial charge in [-0.15, -0.1) is 12.4 Å². The van der Waals surface area contributed by atoms with E-state index >= 15 is 0 Å². The van der Waals surface area contributed by atoms with Gasteiger partial charge in [0, 0.05) is 38.8 Å². The van der Waals surface area contributed by atoms with Gasteiger partial charge in [0.25, 0.3) is 0 Å². The summed E-state index contributed by atoms with van der Waals surface area (Å²) in [5, 5.41) is 3.17. The van der Waals surface area contributed by atoms with Gasteiger partial charge in [0.05, 0.1) is 11.5 Å². The third-order valence-corrected chi connectivity index (χ3v) is 5.70. The molecule has 5 nitrogen and oxygen atoms in total. The molecule has 2 unspecified atom stereocenters. The lowest BCUT2D eigenvalue weighted by molar-refractivity contribution is -0.136. The van der Waals surface area contributed by atoms with Gasteiger partial charge >= 0.3 is 0 Å². The molecule has 0 aromatic heterocycles. The van der Waals surface area contributed by atoms with Gasteiger partial charge in [-0.1, -0.05) is 29.8 Å². The predicted octanol–water partition coefficient (Wildman–Crippen LogP) is 2.76. The first-order chi connectivity index (χ1) is 12.1. The van der Waals surface area contributed by atoms with E-state index in [0.29, 0.717) is 45.1 Å². The van der Waals surface area contributed by atoms with Gasteiger partial charge < -0.3 is 20.5 Å². The summed E-state index contributed by atoms with van der Waals surface area (Å²) in [7, 11) is 0. The van der Waals surface area contributed by atoms with Crippen molar-refractivity contribution in [2.24, 2.45) is 17.1 Å². The molecule has 3 rings (SSSR count). The number of amides is 1. The van der Waals surface area contributed by atoms with E-state index in [4.69, 9.17) is 15.2 Å². The van der Waals surface area contributed by atoms with Crippen molar-refractivity contribution < 1.29 is 14.3 Å². The first-order valence-corrected chi connectivity index (χ1v) is 9.39. The fourth-order valence-electron chi connectivity index (χ4n) is 3.87. The van der Waals surface area contributed by atoms with Gasteiger partial charge in [-0.05, 0) is 38.2 Å². The van der Waals surface area contributed by atoms with Crippen LogP contribution < -0.4 is 11.1 Å². The van der Waals surface area contributed by atoms with Crippen LogP contribution in [0, 0.1) is 18.3 Å². The number of nitrogens with one attached hydrogen (secondary N) is 1. The zero-order valence-electron chi connectivity index (χ0n) is 15.5. The van der Waals surface area contributed by atoms with Crippen molar-refractivity contribution >= 4 is 18.3 Å². The number of carbonyl (C=O) groups excluding carboxylic acids is 1. The molecule has 2 saturated heterocycles. The van der Waals surface area contributed by atoms with Crippen molar-refractivity contribution in [1.82, 2.24) is 5.32 Å². The summed E-state index contributed by atoms with van der Waals surface area (Å²) in [6, 6.07) is 8.52. The summed E-state index contributed by atoms with van der Waals surface area (Å²) in [5.74, 6) is 0.376. The van der Waals surface area contributed by atoms with Gasteiger partial charge in [-0.25, -0.2) is 0 Å². The van der Waals surface area contributed by atoms with Gasteiger partial charge in [-0.3, -0.25) is 4.79 Å². The van der Waals surface area contributed by atoms with E-state index in [9.17, 15) is 4.79 Å². The highest BCUT2D eigenvalue weighted by Crippen LogP contribution is 2.34. The summed E-state index contributed by atoms with van der Waals surface area (Å²) < 4.78 is 11.4. The molecule has 1 aromatic carbocycles. The van der Waals surface area contributed by atoms with Crippen LogP contribution in [-0.2, 0) is 14.3 Å². The largest absolute Gasteiger partial charge is 0.381 e.